The Morgan fingerprint density at radius 1 is 0.865 bits per heavy atom. The number of hydrogen-bond acceptors (Lipinski definition) is 7. The molecule has 2 amide bonds. The Hall–Kier alpha value is -4.96. The number of amides is 2. The number of aromatic nitrogens is 4. The van der Waals surface area contributed by atoms with Crippen LogP contribution in [0.4, 0.5) is 5.13 Å². The Morgan fingerprint density at radius 3 is 2.30 bits per heavy atom. The van der Waals surface area contributed by atoms with Crippen LogP contribution in [0.15, 0.2) is 96.2 Å². The maximum atomic E-state index is 12.3. The van der Waals surface area contributed by atoms with Gasteiger partial charge in [-0.2, -0.15) is 10.2 Å². The van der Waals surface area contributed by atoms with Gasteiger partial charge in [0, 0.05) is 22.9 Å². The molecule has 9 nitrogen and oxygen atoms in total. The van der Waals surface area contributed by atoms with Gasteiger partial charge in [-0.15, -0.1) is 10.2 Å². The first-order valence-electron chi connectivity index (χ1n) is 11.3. The Bertz CT molecular complexity index is 1560. The predicted octanol–water partition coefficient (Wildman–Crippen LogP) is 4.46. The highest BCUT2D eigenvalue weighted by atomic mass is 32.1. The fourth-order valence-corrected chi connectivity index (χ4v) is 4.21. The minimum atomic E-state index is -0.931. The summed E-state index contributed by atoms with van der Waals surface area (Å²) < 4.78 is 1.74. The highest BCUT2D eigenvalue weighted by Crippen LogP contribution is 2.26. The van der Waals surface area contributed by atoms with Crippen LogP contribution in [0.25, 0.3) is 27.5 Å². The van der Waals surface area contributed by atoms with Crippen molar-refractivity contribution in [2.24, 2.45) is 5.10 Å². The minimum Gasteiger partial charge on any atom is -0.292 e. The first-order valence-corrected chi connectivity index (χ1v) is 12.1. The molecule has 2 heterocycles. The lowest BCUT2D eigenvalue weighted by Crippen LogP contribution is -2.32. The number of para-hydroxylation sites is 1. The van der Waals surface area contributed by atoms with Gasteiger partial charge in [0.1, 0.15) is 10.7 Å². The lowest BCUT2D eigenvalue weighted by molar-refractivity contribution is -0.136. The highest BCUT2D eigenvalue weighted by molar-refractivity contribution is 7.18. The van der Waals surface area contributed by atoms with Crippen molar-refractivity contribution >= 4 is 34.5 Å². The summed E-state index contributed by atoms with van der Waals surface area (Å²) in [6.07, 6.45) is 3.28. The van der Waals surface area contributed by atoms with Crippen molar-refractivity contribution in [3.63, 3.8) is 0 Å². The Morgan fingerprint density at radius 2 is 1.57 bits per heavy atom. The van der Waals surface area contributed by atoms with Gasteiger partial charge < -0.3 is 0 Å². The first-order chi connectivity index (χ1) is 18.1. The molecular formula is C27H21N7O2S. The normalized spacial score (nSPS) is 10.9. The van der Waals surface area contributed by atoms with Gasteiger partial charge in [0.15, 0.2) is 0 Å². The van der Waals surface area contributed by atoms with Gasteiger partial charge in [-0.05, 0) is 19.1 Å². The predicted molar refractivity (Wildman–Crippen MR) is 143 cm³/mol. The van der Waals surface area contributed by atoms with Crippen molar-refractivity contribution in [3.8, 4) is 27.5 Å². The van der Waals surface area contributed by atoms with E-state index in [0.29, 0.717) is 16.3 Å². The van der Waals surface area contributed by atoms with Crippen LogP contribution < -0.4 is 10.7 Å². The minimum absolute atomic E-state index is 0.216. The zero-order chi connectivity index (χ0) is 25.6. The van der Waals surface area contributed by atoms with E-state index in [4.69, 9.17) is 5.10 Å². The molecule has 5 rings (SSSR count). The molecule has 0 saturated carbocycles. The van der Waals surface area contributed by atoms with Crippen molar-refractivity contribution in [1.29, 1.82) is 0 Å². The summed E-state index contributed by atoms with van der Waals surface area (Å²) in [5.74, 6) is -1.83. The lowest BCUT2D eigenvalue weighted by Gasteiger charge is -2.01. The van der Waals surface area contributed by atoms with E-state index in [9.17, 15) is 9.59 Å². The van der Waals surface area contributed by atoms with E-state index in [1.165, 1.54) is 17.6 Å². The number of benzene rings is 3. The molecule has 0 spiro atoms. The summed E-state index contributed by atoms with van der Waals surface area (Å²) in [5, 5.41) is 20.0. The number of aryl methyl sites for hydroxylation is 1. The first kappa shape index (κ1) is 23.8. The molecule has 0 fully saturated rings. The molecule has 5 aromatic rings. The smallest absolute Gasteiger partial charge is 0.292 e. The molecule has 0 radical (unpaired) electrons. The molecule has 0 aliphatic rings. The van der Waals surface area contributed by atoms with Crippen molar-refractivity contribution in [2.75, 3.05) is 5.32 Å². The molecule has 0 unspecified atom stereocenters. The van der Waals surface area contributed by atoms with Crippen molar-refractivity contribution in [2.45, 2.75) is 6.92 Å². The molecule has 2 aromatic heterocycles. The maximum Gasteiger partial charge on any atom is 0.329 e. The van der Waals surface area contributed by atoms with Gasteiger partial charge in [-0.25, -0.2) is 10.1 Å². The van der Waals surface area contributed by atoms with Crippen LogP contribution in [0.5, 0.6) is 0 Å². The Kier molecular flexibility index (Phi) is 6.91. The third kappa shape index (κ3) is 5.65. The number of carbonyl (C=O) groups excluding carboxylic acids is 2. The summed E-state index contributed by atoms with van der Waals surface area (Å²) >= 11 is 1.17. The van der Waals surface area contributed by atoms with E-state index in [0.717, 1.165) is 22.4 Å². The van der Waals surface area contributed by atoms with Crippen LogP contribution >= 0.6 is 11.3 Å². The van der Waals surface area contributed by atoms with E-state index in [2.05, 4.69) is 26.0 Å². The zero-order valence-electron chi connectivity index (χ0n) is 19.7. The van der Waals surface area contributed by atoms with Crippen LogP contribution in [0.1, 0.15) is 11.1 Å². The van der Waals surface area contributed by atoms with Crippen LogP contribution in [0.2, 0.25) is 0 Å². The molecule has 3 aromatic carbocycles. The van der Waals surface area contributed by atoms with Gasteiger partial charge in [0.05, 0.1) is 11.9 Å². The van der Waals surface area contributed by atoms with Gasteiger partial charge in [-0.1, -0.05) is 89.7 Å². The molecular weight excluding hydrogens is 486 g/mol. The summed E-state index contributed by atoms with van der Waals surface area (Å²) in [7, 11) is 0. The standard InChI is InChI=1S/C27H21N7O2S/c1-18-12-14-19(15-13-18)23-21(17-34(33-23)22-10-6-3-7-11-22)16-28-30-25(36)24(35)29-27-32-31-26(37-27)20-8-4-2-5-9-20/h2-17H,1H3,(H,30,36)(H,29,32,35)/b28-16+. The van der Waals surface area contributed by atoms with Gasteiger partial charge >= 0.3 is 11.8 Å². The number of nitrogens with one attached hydrogen (secondary N) is 2. The largest absolute Gasteiger partial charge is 0.329 e. The number of rotatable bonds is 6. The zero-order valence-corrected chi connectivity index (χ0v) is 20.5. The molecule has 0 bridgehead atoms. The average Bonchev–Trinajstić information content (AvgIpc) is 3.58. The summed E-state index contributed by atoms with van der Waals surface area (Å²) in [5.41, 5.74) is 7.40. The highest BCUT2D eigenvalue weighted by Gasteiger charge is 2.17. The van der Waals surface area contributed by atoms with Crippen molar-refractivity contribution < 1.29 is 9.59 Å². The van der Waals surface area contributed by atoms with Crippen molar-refractivity contribution in [3.05, 3.63) is 102 Å². The van der Waals surface area contributed by atoms with E-state index < -0.39 is 11.8 Å². The molecule has 0 aliphatic carbocycles. The number of nitrogens with zero attached hydrogens (tertiary/aromatic N) is 5. The molecule has 10 heteroatoms. The average molecular weight is 508 g/mol. The van der Waals surface area contributed by atoms with E-state index >= 15 is 0 Å². The lowest BCUT2D eigenvalue weighted by atomic mass is 10.1. The van der Waals surface area contributed by atoms with Gasteiger partial charge in [-0.3, -0.25) is 14.9 Å². The molecule has 0 atom stereocenters. The molecule has 2 N–H and O–H groups in total. The summed E-state index contributed by atoms with van der Waals surface area (Å²) in [6, 6.07) is 27.1. The monoisotopic (exact) mass is 507 g/mol. The van der Waals surface area contributed by atoms with Crippen LogP contribution in [0, 0.1) is 6.92 Å². The number of carbonyl (C=O) groups is 2. The summed E-state index contributed by atoms with van der Waals surface area (Å²) in [6.45, 7) is 2.01. The molecule has 0 saturated heterocycles. The van der Waals surface area contributed by atoms with E-state index in [1.807, 2.05) is 98.0 Å². The van der Waals surface area contributed by atoms with Gasteiger partial charge in [0.2, 0.25) is 5.13 Å². The van der Waals surface area contributed by atoms with Crippen molar-refractivity contribution in [1.82, 2.24) is 25.4 Å². The maximum absolute atomic E-state index is 12.3. The Labute approximate surface area is 216 Å². The molecule has 37 heavy (non-hydrogen) atoms. The SMILES string of the molecule is Cc1ccc(-c2nn(-c3ccccc3)cc2/C=N/NC(=O)C(=O)Nc2nnc(-c3ccccc3)s2)cc1. The van der Waals surface area contributed by atoms with Crippen LogP contribution in [-0.4, -0.2) is 38.0 Å². The number of hydrazone groups is 1. The third-order valence-corrected chi connectivity index (χ3v) is 6.22. The fourth-order valence-electron chi connectivity index (χ4n) is 3.47. The number of hydrogen-bond donors (Lipinski definition) is 2. The summed E-state index contributed by atoms with van der Waals surface area (Å²) in [4.78, 5) is 24.7. The second-order valence-corrected chi connectivity index (χ2v) is 8.99. The van der Waals surface area contributed by atoms with Crippen LogP contribution in [-0.2, 0) is 9.59 Å². The van der Waals surface area contributed by atoms with Crippen LogP contribution in [0.3, 0.4) is 0 Å². The fraction of sp³-hybridized carbons (Fsp3) is 0.0370. The topological polar surface area (TPSA) is 114 Å². The Balaban J connectivity index is 1.29. The van der Waals surface area contributed by atoms with Gasteiger partial charge in [0.25, 0.3) is 0 Å². The molecule has 182 valence electrons. The quantitative estimate of drug-likeness (QED) is 0.200. The number of anilines is 1. The second-order valence-electron chi connectivity index (χ2n) is 8.01. The molecule has 0 aliphatic heterocycles. The second kappa shape index (κ2) is 10.8. The third-order valence-electron chi connectivity index (χ3n) is 5.33. The van der Waals surface area contributed by atoms with E-state index in [-0.39, 0.29) is 5.13 Å². The van der Waals surface area contributed by atoms with E-state index in [1.54, 1.807) is 4.68 Å².